The topological polar surface area (TPSA) is 84.3 Å². The number of amides is 1. The Morgan fingerprint density at radius 2 is 1.87 bits per heavy atom. The van der Waals surface area contributed by atoms with Gasteiger partial charge in [-0.15, -0.1) is 0 Å². The highest BCUT2D eigenvalue weighted by molar-refractivity contribution is 6.74. The Bertz CT molecular complexity index is 1370. The zero-order valence-corrected chi connectivity index (χ0v) is 24.9. The molecule has 0 fully saturated rings. The molecule has 2 heterocycles. The van der Waals surface area contributed by atoms with E-state index in [1.165, 1.54) is 10.9 Å². The van der Waals surface area contributed by atoms with Gasteiger partial charge in [-0.3, -0.25) is 4.79 Å². The fourth-order valence-corrected chi connectivity index (χ4v) is 5.39. The van der Waals surface area contributed by atoms with E-state index in [0.29, 0.717) is 13.2 Å². The lowest BCUT2D eigenvalue weighted by molar-refractivity contribution is 0.0995. The van der Waals surface area contributed by atoms with Gasteiger partial charge >= 0.3 is 0 Å². The molecule has 0 bridgehead atoms. The number of imidazole rings is 1. The Labute approximate surface area is 233 Å². The van der Waals surface area contributed by atoms with Crippen molar-refractivity contribution < 1.29 is 14.0 Å². The third-order valence-corrected chi connectivity index (χ3v) is 12.4. The number of aromatic nitrogens is 3. The minimum absolute atomic E-state index is 0.0228. The van der Waals surface area contributed by atoms with E-state index in [9.17, 15) is 4.79 Å². The Morgan fingerprint density at radius 1 is 1.10 bits per heavy atom. The van der Waals surface area contributed by atoms with E-state index in [2.05, 4.69) is 92.1 Å². The van der Waals surface area contributed by atoms with Crippen LogP contribution in [0.3, 0.4) is 0 Å². The first-order chi connectivity index (χ1) is 18.5. The molecule has 208 valence electrons. The molecule has 0 radical (unpaired) electrons. The highest BCUT2D eigenvalue weighted by atomic mass is 28.4. The minimum atomic E-state index is -1.95. The second-order valence-electron chi connectivity index (χ2n) is 11.8. The van der Waals surface area contributed by atoms with Gasteiger partial charge in [0.15, 0.2) is 8.32 Å². The molecular weight excluding hydrogens is 504 g/mol. The quantitative estimate of drug-likeness (QED) is 0.151. The maximum atomic E-state index is 11.7. The number of carbonyl (C=O) groups excluding carboxylic acids is 1. The summed E-state index contributed by atoms with van der Waals surface area (Å²) in [5, 5.41) is 1.29. The molecule has 2 aromatic heterocycles. The summed E-state index contributed by atoms with van der Waals surface area (Å²) in [7, 11) is -1.95. The fourth-order valence-electron chi connectivity index (χ4n) is 4.35. The smallest absolute Gasteiger partial charge is 0.268 e. The maximum Gasteiger partial charge on any atom is 0.268 e. The van der Waals surface area contributed by atoms with Crippen LogP contribution in [0.2, 0.25) is 18.1 Å². The molecule has 7 nitrogen and oxygen atoms in total. The summed E-state index contributed by atoms with van der Waals surface area (Å²) >= 11 is 0. The molecule has 0 saturated heterocycles. The van der Waals surface area contributed by atoms with E-state index in [-0.39, 0.29) is 16.8 Å². The number of fused-ring (bicyclic) bond motifs is 1. The van der Waals surface area contributed by atoms with Gasteiger partial charge in [-0.05, 0) is 66.5 Å². The van der Waals surface area contributed by atoms with E-state index in [0.717, 1.165) is 37.1 Å². The van der Waals surface area contributed by atoms with Crippen LogP contribution in [0.1, 0.15) is 55.7 Å². The van der Waals surface area contributed by atoms with Gasteiger partial charge in [0.2, 0.25) is 0 Å². The average Bonchev–Trinajstić information content (AvgIpc) is 3.54. The van der Waals surface area contributed by atoms with Crippen molar-refractivity contribution in [1.29, 1.82) is 0 Å². The molecule has 0 aliphatic rings. The molecule has 0 aliphatic carbocycles. The van der Waals surface area contributed by atoms with Crippen molar-refractivity contribution in [1.82, 2.24) is 14.1 Å². The molecule has 0 spiro atoms. The number of nitrogens with two attached hydrogens (primary N) is 1. The van der Waals surface area contributed by atoms with Gasteiger partial charge in [-0.1, -0.05) is 51.1 Å². The van der Waals surface area contributed by atoms with Gasteiger partial charge < -0.3 is 24.0 Å². The molecule has 2 aromatic carbocycles. The first kappa shape index (κ1) is 28.6. The second-order valence-corrected chi connectivity index (χ2v) is 16.6. The van der Waals surface area contributed by atoms with Crippen LogP contribution in [0.15, 0.2) is 73.3 Å². The van der Waals surface area contributed by atoms with Crippen LogP contribution in [0.25, 0.3) is 10.9 Å². The molecule has 1 atom stereocenters. The van der Waals surface area contributed by atoms with E-state index in [1.807, 2.05) is 16.7 Å². The van der Waals surface area contributed by atoms with Crippen molar-refractivity contribution in [3.05, 3.63) is 84.6 Å². The zero-order chi connectivity index (χ0) is 28.0. The molecule has 1 amide bonds. The van der Waals surface area contributed by atoms with Crippen LogP contribution < -0.4 is 10.5 Å². The van der Waals surface area contributed by atoms with Crippen molar-refractivity contribution >= 4 is 25.1 Å². The van der Waals surface area contributed by atoms with E-state index >= 15 is 0 Å². The van der Waals surface area contributed by atoms with Crippen molar-refractivity contribution in [2.24, 2.45) is 5.73 Å². The first-order valence-electron chi connectivity index (χ1n) is 13.8. The predicted octanol–water partition coefficient (Wildman–Crippen LogP) is 6.60. The van der Waals surface area contributed by atoms with E-state index < -0.39 is 14.2 Å². The molecule has 0 aliphatic heterocycles. The lowest BCUT2D eigenvalue weighted by Gasteiger charge is -2.37. The lowest BCUT2D eigenvalue weighted by atomic mass is 10.1. The Hall–Kier alpha value is -3.36. The monoisotopic (exact) mass is 546 g/mol. The van der Waals surface area contributed by atoms with Crippen molar-refractivity contribution in [2.45, 2.75) is 70.8 Å². The van der Waals surface area contributed by atoms with Crippen molar-refractivity contribution in [3.63, 3.8) is 0 Å². The number of aryl methyl sites for hydroxylation is 2. The number of rotatable bonds is 13. The lowest BCUT2D eigenvalue weighted by Crippen LogP contribution is -2.42. The van der Waals surface area contributed by atoms with Gasteiger partial charge in [0.25, 0.3) is 5.91 Å². The summed E-state index contributed by atoms with van der Waals surface area (Å²) in [6, 6.07) is 18.9. The number of carbonyl (C=O) groups is 1. The molecule has 39 heavy (non-hydrogen) atoms. The highest BCUT2D eigenvalue weighted by Crippen LogP contribution is 2.37. The van der Waals surface area contributed by atoms with Gasteiger partial charge in [-0.25, -0.2) is 4.98 Å². The van der Waals surface area contributed by atoms with Crippen LogP contribution in [0.5, 0.6) is 5.75 Å². The predicted molar refractivity (Wildman–Crippen MR) is 160 cm³/mol. The Balaban J connectivity index is 1.43. The third kappa shape index (κ3) is 7.39. The number of hydrogen-bond acceptors (Lipinski definition) is 4. The summed E-state index contributed by atoms with van der Waals surface area (Å²) in [5.41, 5.74) is 8.22. The fraction of sp³-hybridized carbons (Fsp3) is 0.419. The van der Waals surface area contributed by atoms with Crippen LogP contribution in [0.4, 0.5) is 0 Å². The Kier molecular flexibility index (Phi) is 8.97. The summed E-state index contributed by atoms with van der Waals surface area (Å²) in [5.74, 6) is 0.361. The number of hydrogen-bond donors (Lipinski definition) is 1. The second kappa shape index (κ2) is 12.2. The number of ether oxygens (including phenoxy) is 1. The number of nitrogens with zero attached hydrogens (tertiary/aromatic N) is 3. The number of primary amides is 1. The largest absolute Gasteiger partial charge is 0.494 e. The SMILES string of the molecule is CC(C)(C)[Si](C)(C)OCC(CCn1ccc2ccc(OCCCc3ccccc3)cc21)n1cnc(C(N)=O)c1. The standard InChI is InChI=1S/C31H42N4O3Si/c1-31(2,3)39(4,5)38-22-26(35-21-28(30(32)36)33-23-35)16-18-34-17-15-25-13-14-27(20-29(25)34)37-19-9-12-24-10-7-6-8-11-24/h6-8,10-11,13-15,17,20-21,23,26H,9,12,16,18-19,22H2,1-5H3,(H2,32,36). The van der Waals surface area contributed by atoms with Gasteiger partial charge in [0.05, 0.1) is 31.1 Å². The van der Waals surface area contributed by atoms with Gasteiger partial charge in [-0.2, -0.15) is 0 Å². The van der Waals surface area contributed by atoms with Crippen LogP contribution in [-0.4, -0.2) is 41.6 Å². The molecular formula is C31H42N4O3Si. The van der Waals surface area contributed by atoms with Crippen molar-refractivity contribution in [3.8, 4) is 5.75 Å². The normalized spacial score (nSPS) is 13.1. The third-order valence-electron chi connectivity index (χ3n) is 7.89. The maximum absolute atomic E-state index is 11.7. The summed E-state index contributed by atoms with van der Waals surface area (Å²) in [6.07, 6.45) is 8.33. The van der Waals surface area contributed by atoms with Crippen LogP contribution in [0, 0.1) is 0 Å². The summed E-state index contributed by atoms with van der Waals surface area (Å²) in [6.45, 7) is 13.3. The van der Waals surface area contributed by atoms with E-state index in [1.54, 1.807) is 12.5 Å². The van der Waals surface area contributed by atoms with Crippen molar-refractivity contribution in [2.75, 3.05) is 13.2 Å². The summed E-state index contributed by atoms with van der Waals surface area (Å²) in [4.78, 5) is 15.9. The van der Waals surface area contributed by atoms with Gasteiger partial charge in [0, 0.05) is 25.0 Å². The molecule has 4 rings (SSSR count). The Morgan fingerprint density at radius 3 is 2.56 bits per heavy atom. The zero-order valence-electron chi connectivity index (χ0n) is 23.9. The molecule has 1 unspecified atom stereocenters. The molecule has 4 aromatic rings. The van der Waals surface area contributed by atoms with Crippen LogP contribution in [-0.2, 0) is 17.4 Å². The first-order valence-corrected chi connectivity index (χ1v) is 16.7. The number of benzene rings is 2. The van der Waals surface area contributed by atoms with E-state index in [4.69, 9.17) is 14.9 Å². The minimum Gasteiger partial charge on any atom is -0.494 e. The average molecular weight is 547 g/mol. The molecule has 2 N–H and O–H groups in total. The van der Waals surface area contributed by atoms with Crippen LogP contribution >= 0.6 is 0 Å². The van der Waals surface area contributed by atoms with Gasteiger partial charge in [0.1, 0.15) is 11.4 Å². The highest BCUT2D eigenvalue weighted by Gasteiger charge is 2.37. The molecule has 0 saturated carbocycles. The molecule has 8 heteroatoms. The summed E-state index contributed by atoms with van der Waals surface area (Å²) < 4.78 is 16.9.